The molecule has 0 atom stereocenters. The van der Waals surface area contributed by atoms with Crippen LogP contribution in [0, 0.1) is 0 Å². The van der Waals surface area contributed by atoms with E-state index in [2.05, 4.69) is 9.97 Å². The summed E-state index contributed by atoms with van der Waals surface area (Å²) in [5.74, 6) is -4.81. The van der Waals surface area contributed by atoms with Gasteiger partial charge in [-0.05, 0) is 17.9 Å². The van der Waals surface area contributed by atoms with Gasteiger partial charge in [-0.2, -0.15) is 35.1 Å². The summed E-state index contributed by atoms with van der Waals surface area (Å²) >= 11 is 1.05. The molecule has 32 heavy (non-hydrogen) atoms. The van der Waals surface area contributed by atoms with Crippen molar-refractivity contribution in [2.75, 3.05) is 17.2 Å². The van der Waals surface area contributed by atoms with Gasteiger partial charge in [-0.25, -0.2) is 4.79 Å². The number of amides is 1. The Morgan fingerprint density at radius 2 is 1.75 bits per heavy atom. The number of carbonyl (C=O) groups excluding carboxylic acids is 1. The van der Waals surface area contributed by atoms with E-state index in [1.807, 2.05) is 0 Å². The van der Waals surface area contributed by atoms with Crippen molar-refractivity contribution in [1.82, 2.24) is 9.97 Å². The molecule has 1 aliphatic heterocycles. The number of aromatic nitrogens is 2. The Morgan fingerprint density at radius 1 is 1.06 bits per heavy atom. The van der Waals surface area contributed by atoms with Gasteiger partial charge in [0.1, 0.15) is 18.8 Å². The van der Waals surface area contributed by atoms with Gasteiger partial charge in [-0.3, -0.25) is 14.9 Å². The molecule has 0 saturated heterocycles. The molecular formula is C18H13F8N3O2S. The third-order valence-corrected chi connectivity index (χ3v) is 5.23. The molecule has 2 aromatic heterocycles. The Bertz CT molecular complexity index is 1030. The average Bonchev–Trinajstić information content (AvgIpc) is 2.68. The smallest absolute Gasteiger partial charge is 0.444 e. The minimum atomic E-state index is -5.89. The molecule has 14 heteroatoms. The van der Waals surface area contributed by atoms with E-state index in [1.54, 1.807) is 6.92 Å². The Hall–Kier alpha value is -2.64. The van der Waals surface area contributed by atoms with Gasteiger partial charge in [0.05, 0.1) is 23.1 Å². The van der Waals surface area contributed by atoms with Gasteiger partial charge >= 0.3 is 24.4 Å². The van der Waals surface area contributed by atoms with Gasteiger partial charge < -0.3 is 4.74 Å². The molecule has 1 aliphatic rings. The molecule has 0 unspecified atom stereocenters. The summed E-state index contributed by atoms with van der Waals surface area (Å²) in [6.45, 7) is -0.763. The summed E-state index contributed by atoms with van der Waals surface area (Å²) in [7, 11) is 0. The molecule has 0 spiro atoms. The highest BCUT2D eigenvalue weighted by molar-refractivity contribution is 7.99. The number of carbonyl (C=O) groups is 1. The number of fused-ring (bicyclic) bond motifs is 1. The molecule has 0 aliphatic carbocycles. The topological polar surface area (TPSA) is 55.3 Å². The third kappa shape index (κ3) is 4.74. The van der Waals surface area contributed by atoms with Crippen LogP contribution in [0.3, 0.4) is 0 Å². The van der Waals surface area contributed by atoms with Crippen LogP contribution in [0.5, 0.6) is 0 Å². The Kier molecular flexibility index (Phi) is 6.28. The van der Waals surface area contributed by atoms with Crippen LogP contribution < -0.4 is 4.90 Å². The third-order valence-electron chi connectivity index (χ3n) is 4.32. The summed E-state index contributed by atoms with van der Waals surface area (Å²) < 4.78 is 108. The lowest BCUT2D eigenvalue weighted by molar-refractivity contribution is -0.276. The van der Waals surface area contributed by atoms with Crippen LogP contribution in [0.1, 0.15) is 18.1 Å². The highest BCUT2D eigenvalue weighted by Crippen LogP contribution is 2.40. The molecule has 0 N–H and O–H groups in total. The van der Waals surface area contributed by atoms with E-state index in [-0.39, 0.29) is 32.4 Å². The van der Waals surface area contributed by atoms with Gasteiger partial charge in [-0.1, -0.05) is 6.92 Å². The first-order valence-electron chi connectivity index (χ1n) is 8.82. The predicted octanol–water partition coefficient (Wildman–Crippen LogP) is 5.93. The van der Waals surface area contributed by atoms with Crippen LogP contribution in [-0.2, 0) is 17.5 Å². The largest absolute Gasteiger partial charge is 0.455 e. The highest BCUT2D eigenvalue weighted by atomic mass is 32.2. The van der Waals surface area contributed by atoms with Gasteiger partial charge in [0.2, 0.25) is 0 Å². The molecule has 0 saturated carbocycles. The summed E-state index contributed by atoms with van der Waals surface area (Å²) in [6.07, 6.45) is -10.4. The van der Waals surface area contributed by atoms with Crippen molar-refractivity contribution in [3.05, 3.63) is 35.7 Å². The van der Waals surface area contributed by atoms with E-state index < -0.39 is 43.1 Å². The molecule has 3 heterocycles. The first-order valence-corrected chi connectivity index (χ1v) is 9.81. The van der Waals surface area contributed by atoms with E-state index in [0.717, 1.165) is 24.0 Å². The number of nitrogens with zero attached hydrogens (tertiary/aromatic N) is 3. The van der Waals surface area contributed by atoms with Crippen molar-refractivity contribution in [2.45, 2.75) is 36.7 Å². The summed E-state index contributed by atoms with van der Waals surface area (Å²) in [5, 5.41) is 0. The summed E-state index contributed by atoms with van der Waals surface area (Å²) in [5.41, 5.74) is -1.18. The average molecular weight is 487 g/mol. The number of thioether (sulfide) groups is 1. The number of anilines is 1. The Balaban J connectivity index is 2.01. The first-order chi connectivity index (χ1) is 14.7. The standard InChI is InChI=1S/C18H13F8N3O2S/c1-2-32-13-4-10(17(21,22)23)5-28-14(13)11-3-9-7-31-15(30)29(12(9)6-27-11)8-16(19,20)18(24,25)26/h3-6H,2,7-8H2,1H3. The molecule has 3 rings (SSSR count). The molecule has 174 valence electrons. The maximum Gasteiger partial charge on any atom is 0.455 e. The van der Waals surface area contributed by atoms with Crippen molar-refractivity contribution in [3.63, 3.8) is 0 Å². The van der Waals surface area contributed by atoms with E-state index in [0.29, 0.717) is 11.9 Å². The zero-order valence-electron chi connectivity index (χ0n) is 16.0. The maximum absolute atomic E-state index is 13.5. The van der Waals surface area contributed by atoms with E-state index >= 15 is 0 Å². The minimum absolute atomic E-state index is 0.0360. The zero-order valence-corrected chi connectivity index (χ0v) is 16.8. The number of hydrogen-bond donors (Lipinski definition) is 0. The first kappa shape index (κ1) is 24.0. The second kappa shape index (κ2) is 8.37. The van der Waals surface area contributed by atoms with Gasteiger partial charge in [-0.15, -0.1) is 11.8 Å². The normalized spacial score (nSPS) is 14.9. The monoisotopic (exact) mass is 487 g/mol. The number of ether oxygens (including phenoxy) is 1. The van der Waals surface area contributed by atoms with Crippen LogP contribution >= 0.6 is 11.8 Å². The fourth-order valence-corrected chi connectivity index (χ4v) is 3.60. The van der Waals surface area contributed by atoms with Crippen LogP contribution in [0.2, 0.25) is 0 Å². The number of pyridine rings is 2. The van der Waals surface area contributed by atoms with E-state index in [1.165, 1.54) is 6.07 Å². The van der Waals surface area contributed by atoms with Crippen LogP contribution in [0.15, 0.2) is 29.4 Å². The van der Waals surface area contributed by atoms with Crippen LogP contribution in [0.4, 0.5) is 45.6 Å². The number of hydrogen-bond acceptors (Lipinski definition) is 5. The van der Waals surface area contributed by atoms with Gasteiger partial charge in [0.15, 0.2) is 0 Å². The fraction of sp³-hybridized carbons (Fsp3) is 0.389. The Morgan fingerprint density at radius 3 is 2.34 bits per heavy atom. The van der Waals surface area contributed by atoms with Crippen molar-refractivity contribution >= 4 is 23.5 Å². The van der Waals surface area contributed by atoms with E-state index in [4.69, 9.17) is 4.74 Å². The van der Waals surface area contributed by atoms with Crippen molar-refractivity contribution in [1.29, 1.82) is 0 Å². The molecule has 0 fully saturated rings. The van der Waals surface area contributed by atoms with Crippen LogP contribution in [0.25, 0.3) is 11.4 Å². The summed E-state index contributed by atoms with van der Waals surface area (Å²) in [6, 6.07) is 2.10. The molecular weight excluding hydrogens is 474 g/mol. The molecule has 2 aromatic rings. The second-order valence-electron chi connectivity index (χ2n) is 6.54. The molecule has 1 amide bonds. The second-order valence-corrected chi connectivity index (χ2v) is 7.85. The van der Waals surface area contributed by atoms with E-state index in [9.17, 15) is 39.9 Å². The highest BCUT2D eigenvalue weighted by Gasteiger charge is 2.59. The summed E-state index contributed by atoms with van der Waals surface area (Å²) in [4.78, 5) is 19.9. The lowest BCUT2D eigenvalue weighted by atomic mass is 10.1. The number of alkyl halides is 8. The minimum Gasteiger partial charge on any atom is -0.444 e. The lowest BCUT2D eigenvalue weighted by Gasteiger charge is -2.32. The zero-order chi connectivity index (χ0) is 23.9. The quantitative estimate of drug-likeness (QED) is 0.387. The number of halogens is 8. The van der Waals surface area contributed by atoms with Crippen molar-refractivity contribution < 1.29 is 44.7 Å². The van der Waals surface area contributed by atoms with Gasteiger partial charge in [0, 0.05) is 16.7 Å². The molecule has 5 nitrogen and oxygen atoms in total. The molecule has 0 radical (unpaired) electrons. The molecule has 0 aromatic carbocycles. The number of cyclic esters (lactones) is 1. The van der Waals surface area contributed by atoms with Gasteiger partial charge in [0.25, 0.3) is 0 Å². The Labute approximate surface area is 179 Å². The van der Waals surface area contributed by atoms with Crippen molar-refractivity contribution in [2.24, 2.45) is 0 Å². The maximum atomic E-state index is 13.5. The molecule has 0 bridgehead atoms. The lowest BCUT2D eigenvalue weighted by Crippen LogP contribution is -2.50. The number of rotatable bonds is 5. The van der Waals surface area contributed by atoms with Crippen LogP contribution in [-0.4, -0.2) is 40.5 Å². The van der Waals surface area contributed by atoms with Crippen molar-refractivity contribution in [3.8, 4) is 11.4 Å². The fourth-order valence-electron chi connectivity index (χ4n) is 2.79. The predicted molar refractivity (Wildman–Crippen MR) is 97.4 cm³/mol. The SMILES string of the molecule is CCSc1cc(C(F)(F)F)cnc1-c1cc2c(cn1)N(CC(F)(F)C(F)(F)F)C(=O)OC2.